The molecule has 0 aromatic carbocycles. The molecule has 1 aliphatic heterocycles. The standard InChI is InChI=1S/C17H16N4OS/c1-10-2-4-12(5-3-10)19-17-18-7-11-6-15(22)20-14-9-23-8-13(14)16(11)21-17/h2-4,7-9,12H,5-6H2,1H3,(H,20,22)(H,18,19,21). The molecule has 1 amide bonds. The first-order chi connectivity index (χ1) is 11.2. The Bertz CT molecular complexity index is 837. The van der Waals surface area contributed by atoms with Crippen molar-refractivity contribution in [3.05, 3.63) is 46.3 Å². The molecule has 0 fully saturated rings. The molecule has 2 N–H and O–H groups in total. The lowest BCUT2D eigenvalue weighted by Gasteiger charge is -2.17. The van der Waals surface area contributed by atoms with Crippen molar-refractivity contribution in [2.45, 2.75) is 25.8 Å². The molecule has 0 radical (unpaired) electrons. The van der Waals surface area contributed by atoms with E-state index in [1.807, 2.05) is 10.8 Å². The van der Waals surface area contributed by atoms with Crippen LogP contribution in [0.25, 0.3) is 11.3 Å². The van der Waals surface area contributed by atoms with Gasteiger partial charge in [-0.05, 0) is 13.3 Å². The smallest absolute Gasteiger partial charge is 0.228 e. The number of carbonyl (C=O) groups is 1. The van der Waals surface area contributed by atoms with E-state index >= 15 is 0 Å². The summed E-state index contributed by atoms with van der Waals surface area (Å²) in [4.78, 5) is 21.0. The summed E-state index contributed by atoms with van der Waals surface area (Å²) in [5.41, 5.74) is 4.78. The molecule has 1 aliphatic carbocycles. The predicted molar refractivity (Wildman–Crippen MR) is 92.6 cm³/mol. The first-order valence-corrected chi connectivity index (χ1v) is 8.47. The van der Waals surface area contributed by atoms with E-state index in [4.69, 9.17) is 0 Å². The second kappa shape index (κ2) is 5.62. The van der Waals surface area contributed by atoms with Crippen LogP contribution in [0.4, 0.5) is 11.6 Å². The van der Waals surface area contributed by atoms with Crippen LogP contribution >= 0.6 is 11.3 Å². The number of fused-ring (bicyclic) bond motifs is 3. The number of carbonyl (C=O) groups excluding carboxylic acids is 1. The summed E-state index contributed by atoms with van der Waals surface area (Å²) in [6.07, 6.45) is 9.41. The summed E-state index contributed by atoms with van der Waals surface area (Å²) in [5.74, 6) is 0.571. The Hall–Kier alpha value is -2.47. The van der Waals surface area contributed by atoms with E-state index in [-0.39, 0.29) is 11.9 Å². The normalized spacial score (nSPS) is 19.3. The van der Waals surface area contributed by atoms with Gasteiger partial charge >= 0.3 is 0 Å². The number of allylic oxidation sites excluding steroid dienone is 2. The van der Waals surface area contributed by atoms with Crippen LogP contribution in [0.2, 0.25) is 0 Å². The van der Waals surface area contributed by atoms with Crippen molar-refractivity contribution in [2.75, 3.05) is 10.6 Å². The Morgan fingerprint density at radius 1 is 1.39 bits per heavy atom. The zero-order chi connectivity index (χ0) is 15.8. The molecule has 2 aromatic rings. The fraction of sp³-hybridized carbons (Fsp3) is 0.235. The topological polar surface area (TPSA) is 66.9 Å². The Kier molecular flexibility index (Phi) is 3.46. The Morgan fingerprint density at radius 2 is 2.30 bits per heavy atom. The largest absolute Gasteiger partial charge is 0.348 e. The molecule has 5 nitrogen and oxygen atoms in total. The average Bonchev–Trinajstić information content (AvgIpc) is 2.94. The second-order valence-corrected chi connectivity index (χ2v) is 6.53. The molecule has 0 saturated heterocycles. The highest BCUT2D eigenvalue weighted by atomic mass is 32.1. The Labute approximate surface area is 138 Å². The highest BCUT2D eigenvalue weighted by Gasteiger charge is 2.22. The highest BCUT2D eigenvalue weighted by molar-refractivity contribution is 7.08. The summed E-state index contributed by atoms with van der Waals surface area (Å²) < 4.78 is 0. The van der Waals surface area contributed by atoms with Crippen molar-refractivity contribution in [3.8, 4) is 11.3 Å². The van der Waals surface area contributed by atoms with E-state index in [1.165, 1.54) is 5.57 Å². The van der Waals surface area contributed by atoms with Gasteiger partial charge in [0.15, 0.2) is 0 Å². The molecule has 4 rings (SSSR count). The molecule has 0 bridgehead atoms. The van der Waals surface area contributed by atoms with Gasteiger partial charge in [0, 0.05) is 28.1 Å². The monoisotopic (exact) mass is 324 g/mol. The molecule has 1 atom stereocenters. The van der Waals surface area contributed by atoms with E-state index in [0.29, 0.717) is 12.4 Å². The summed E-state index contributed by atoms with van der Waals surface area (Å²) in [6.45, 7) is 2.09. The lowest BCUT2D eigenvalue weighted by molar-refractivity contribution is -0.115. The number of amides is 1. The SMILES string of the molecule is CC1=CCC(Nc2ncc3c(n2)-c2cscc2NC(=O)C3)C=C1. The van der Waals surface area contributed by atoms with Gasteiger partial charge in [-0.3, -0.25) is 4.79 Å². The quantitative estimate of drug-likeness (QED) is 0.888. The molecule has 1 unspecified atom stereocenters. The minimum atomic E-state index is -0.0245. The summed E-state index contributed by atoms with van der Waals surface area (Å²) in [6, 6.07) is 0.198. The first kappa shape index (κ1) is 14.1. The van der Waals surface area contributed by atoms with Crippen molar-refractivity contribution in [1.82, 2.24) is 9.97 Å². The molecule has 3 heterocycles. The van der Waals surface area contributed by atoms with Gasteiger partial charge in [0.25, 0.3) is 0 Å². The number of hydrogen-bond donors (Lipinski definition) is 2. The third kappa shape index (κ3) is 2.77. The van der Waals surface area contributed by atoms with Crippen molar-refractivity contribution in [1.29, 1.82) is 0 Å². The van der Waals surface area contributed by atoms with Gasteiger partial charge in [-0.2, -0.15) is 0 Å². The first-order valence-electron chi connectivity index (χ1n) is 7.53. The van der Waals surface area contributed by atoms with Crippen molar-refractivity contribution in [2.24, 2.45) is 0 Å². The highest BCUT2D eigenvalue weighted by Crippen LogP contribution is 2.35. The maximum Gasteiger partial charge on any atom is 0.228 e. The number of rotatable bonds is 2. The molecule has 6 heteroatoms. The van der Waals surface area contributed by atoms with Crippen LogP contribution in [-0.2, 0) is 11.2 Å². The summed E-state index contributed by atoms with van der Waals surface area (Å²) >= 11 is 1.56. The lowest BCUT2D eigenvalue weighted by atomic mass is 10.0. The Balaban J connectivity index is 1.67. The number of aromatic nitrogens is 2. The van der Waals surface area contributed by atoms with Gasteiger partial charge in [-0.25, -0.2) is 9.97 Å². The molecule has 0 saturated carbocycles. The summed E-state index contributed by atoms with van der Waals surface area (Å²) in [5, 5.41) is 10.2. The molecular weight excluding hydrogens is 308 g/mol. The number of thiophene rings is 1. The molecule has 2 aliphatic rings. The van der Waals surface area contributed by atoms with E-state index < -0.39 is 0 Å². The third-order valence-corrected chi connectivity index (χ3v) is 4.75. The van der Waals surface area contributed by atoms with Crippen molar-refractivity contribution < 1.29 is 4.79 Å². The lowest BCUT2D eigenvalue weighted by Crippen LogP contribution is -2.20. The van der Waals surface area contributed by atoms with Crippen LogP contribution in [0.15, 0.2) is 40.8 Å². The zero-order valence-electron chi connectivity index (χ0n) is 12.7. The van der Waals surface area contributed by atoms with Crippen molar-refractivity contribution >= 4 is 28.9 Å². The van der Waals surface area contributed by atoms with Gasteiger partial charge in [-0.15, -0.1) is 11.3 Å². The van der Waals surface area contributed by atoms with Crippen LogP contribution in [0.1, 0.15) is 18.9 Å². The number of nitrogens with zero attached hydrogens (tertiary/aromatic N) is 2. The third-order valence-electron chi connectivity index (χ3n) is 4.01. The van der Waals surface area contributed by atoms with Crippen LogP contribution < -0.4 is 10.6 Å². The molecule has 0 spiro atoms. The van der Waals surface area contributed by atoms with Crippen molar-refractivity contribution in [3.63, 3.8) is 0 Å². The minimum absolute atomic E-state index is 0.0245. The van der Waals surface area contributed by atoms with Gasteiger partial charge in [0.2, 0.25) is 11.9 Å². The average molecular weight is 324 g/mol. The van der Waals surface area contributed by atoms with E-state index in [9.17, 15) is 4.79 Å². The van der Waals surface area contributed by atoms with Gasteiger partial charge in [0.1, 0.15) is 0 Å². The molecule has 116 valence electrons. The Morgan fingerprint density at radius 3 is 3.13 bits per heavy atom. The van der Waals surface area contributed by atoms with Crippen LogP contribution in [0, 0.1) is 0 Å². The fourth-order valence-corrected chi connectivity index (χ4v) is 3.55. The van der Waals surface area contributed by atoms with Gasteiger partial charge in [-0.1, -0.05) is 23.8 Å². The molecular formula is C17H16N4OS. The molecule has 2 aromatic heterocycles. The number of anilines is 2. The van der Waals surface area contributed by atoms with E-state index in [2.05, 4.69) is 45.8 Å². The van der Waals surface area contributed by atoms with Crippen LogP contribution in [0.3, 0.4) is 0 Å². The zero-order valence-corrected chi connectivity index (χ0v) is 13.5. The summed E-state index contributed by atoms with van der Waals surface area (Å²) in [7, 11) is 0. The molecule has 23 heavy (non-hydrogen) atoms. The van der Waals surface area contributed by atoms with Crippen LogP contribution in [-0.4, -0.2) is 21.9 Å². The maximum absolute atomic E-state index is 11.9. The number of nitrogens with one attached hydrogen (secondary N) is 2. The van der Waals surface area contributed by atoms with Gasteiger partial charge < -0.3 is 10.6 Å². The maximum atomic E-state index is 11.9. The fourth-order valence-electron chi connectivity index (χ4n) is 2.78. The van der Waals surface area contributed by atoms with E-state index in [0.717, 1.165) is 28.9 Å². The number of hydrogen-bond acceptors (Lipinski definition) is 5. The van der Waals surface area contributed by atoms with Crippen LogP contribution in [0.5, 0.6) is 0 Å². The minimum Gasteiger partial charge on any atom is -0.348 e. The second-order valence-electron chi connectivity index (χ2n) is 5.79. The van der Waals surface area contributed by atoms with Gasteiger partial charge in [0.05, 0.1) is 23.8 Å². The van der Waals surface area contributed by atoms with E-state index in [1.54, 1.807) is 17.5 Å². The predicted octanol–water partition coefficient (Wildman–Crippen LogP) is 3.39.